The van der Waals surface area contributed by atoms with Crippen LogP contribution in [0.3, 0.4) is 0 Å². The van der Waals surface area contributed by atoms with Crippen LogP contribution in [0.2, 0.25) is 0 Å². The van der Waals surface area contributed by atoms with Gasteiger partial charge in [-0.25, -0.2) is 9.07 Å². The van der Waals surface area contributed by atoms with Gasteiger partial charge in [0.2, 0.25) is 5.95 Å². The fourth-order valence-electron chi connectivity index (χ4n) is 3.08. The van der Waals surface area contributed by atoms with Crippen LogP contribution >= 0.6 is 0 Å². The number of benzene rings is 1. The Morgan fingerprint density at radius 2 is 1.88 bits per heavy atom. The zero-order valence-electron chi connectivity index (χ0n) is 14.0. The summed E-state index contributed by atoms with van der Waals surface area (Å²) in [6.07, 6.45) is 0. The van der Waals surface area contributed by atoms with Gasteiger partial charge >= 0.3 is 0 Å². The number of furan rings is 1. The monoisotopic (exact) mass is 342 g/mol. The summed E-state index contributed by atoms with van der Waals surface area (Å²) in [5.74, 6) is 2.21. The minimum Gasteiger partial charge on any atom is -0.464 e. The molecular weight excluding hydrogens is 323 g/mol. The highest BCUT2D eigenvalue weighted by Gasteiger charge is 2.22. The van der Waals surface area contributed by atoms with Gasteiger partial charge in [0.05, 0.1) is 0 Å². The molecule has 8 heteroatoms. The van der Waals surface area contributed by atoms with Gasteiger partial charge in [-0.15, -0.1) is 0 Å². The standard InChI is InChI=1S/C17H19FN6O/c1-13-5-6-16(25-13)12-24-17(19-20-21-24)23-9-7-22(8-10-23)15-4-2-3-14(18)11-15/h2-6,11H,7-10,12H2,1H3. The third-order valence-electron chi connectivity index (χ3n) is 4.35. The molecule has 1 aliphatic heterocycles. The molecule has 1 fully saturated rings. The average Bonchev–Trinajstić information content (AvgIpc) is 3.24. The second kappa shape index (κ2) is 6.54. The number of aryl methyl sites for hydroxylation is 1. The number of hydrogen-bond donors (Lipinski definition) is 0. The van der Waals surface area contributed by atoms with Gasteiger partial charge in [-0.2, -0.15) is 0 Å². The normalized spacial score (nSPS) is 15.0. The summed E-state index contributed by atoms with van der Waals surface area (Å²) in [6, 6.07) is 10.6. The van der Waals surface area contributed by atoms with Gasteiger partial charge in [0.1, 0.15) is 23.9 Å². The molecule has 130 valence electrons. The van der Waals surface area contributed by atoms with E-state index in [4.69, 9.17) is 4.42 Å². The second-order valence-corrected chi connectivity index (χ2v) is 6.10. The predicted molar refractivity (Wildman–Crippen MR) is 91.2 cm³/mol. The van der Waals surface area contributed by atoms with Crippen LogP contribution in [-0.4, -0.2) is 46.4 Å². The number of halogens is 1. The smallest absolute Gasteiger partial charge is 0.246 e. The van der Waals surface area contributed by atoms with Crippen molar-refractivity contribution in [2.24, 2.45) is 0 Å². The lowest BCUT2D eigenvalue weighted by Gasteiger charge is -2.36. The van der Waals surface area contributed by atoms with Crippen molar-refractivity contribution in [2.75, 3.05) is 36.0 Å². The fourth-order valence-corrected chi connectivity index (χ4v) is 3.08. The predicted octanol–water partition coefficient (Wildman–Crippen LogP) is 2.09. The molecule has 3 heterocycles. The van der Waals surface area contributed by atoms with Crippen LogP contribution < -0.4 is 9.80 Å². The third-order valence-corrected chi connectivity index (χ3v) is 4.35. The highest BCUT2D eigenvalue weighted by atomic mass is 19.1. The first-order valence-corrected chi connectivity index (χ1v) is 8.26. The van der Waals surface area contributed by atoms with Crippen LogP contribution in [0.5, 0.6) is 0 Å². The van der Waals surface area contributed by atoms with Crippen molar-refractivity contribution < 1.29 is 8.81 Å². The van der Waals surface area contributed by atoms with Crippen molar-refractivity contribution in [3.63, 3.8) is 0 Å². The largest absolute Gasteiger partial charge is 0.464 e. The molecule has 25 heavy (non-hydrogen) atoms. The van der Waals surface area contributed by atoms with Crippen molar-refractivity contribution in [3.05, 3.63) is 53.7 Å². The highest BCUT2D eigenvalue weighted by molar-refractivity contribution is 5.48. The van der Waals surface area contributed by atoms with Crippen molar-refractivity contribution in [1.82, 2.24) is 20.2 Å². The van der Waals surface area contributed by atoms with Crippen LogP contribution in [-0.2, 0) is 6.54 Å². The number of anilines is 2. The van der Waals surface area contributed by atoms with Crippen LogP contribution in [0.1, 0.15) is 11.5 Å². The molecule has 0 atom stereocenters. The van der Waals surface area contributed by atoms with E-state index in [1.54, 1.807) is 16.8 Å². The molecule has 0 aliphatic carbocycles. The molecule has 0 saturated carbocycles. The van der Waals surface area contributed by atoms with Crippen molar-refractivity contribution in [2.45, 2.75) is 13.5 Å². The van der Waals surface area contributed by atoms with Gasteiger partial charge in [0.15, 0.2) is 0 Å². The van der Waals surface area contributed by atoms with E-state index in [0.29, 0.717) is 6.54 Å². The van der Waals surface area contributed by atoms with Crippen LogP contribution in [0, 0.1) is 12.7 Å². The SMILES string of the molecule is Cc1ccc(Cn2nnnc2N2CCN(c3cccc(F)c3)CC2)o1. The lowest BCUT2D eigenvalue weighted by Crippen LogP contribution is -2.47. The molecule has 0 unspecified atom stereocenters. The zero-order valence-corrected chi connectivity index (χ0v) is 14.0. The number of nitrogens with zero attached hydrogens (tertiary/aromatic N) is 6. The van der Waals surface area contributed by atoms with Crippen LogP contribution in [0.25, 0.3) is 0 Å². The van der Waals surface area contributed by atoms with E-state index >= 15 is 0 Å². The van der Waals surface area contributed by atoms with Crippen LogP contribution in [0.4, 0.5) is 16.0 Å². The molecule has 0 N–H and O–H groups in total. The molecule has 0 bridgehead atoms. The van der Waals surface area contributed by atoms with Crippen LogP contribution in [0.15, 0.2) is 40.8 Å². The molecule has 4 rings (SSSR count). The Balaban J connectivity index is 1.44. The number of rotatable bonds is 4. The van der Waals surface area contributed by atoms with Gasteiger partial charge in [0.25, 0.3) is 0 Å². The first-order valence-electron chi connectivity index (χ1n) is 8.26. The third kappa shape index (κ3) is 3.33. The second-order valence-electron chi connectivity index (χ2n) is 6.10. The highest BCUT2D eigenvalue weighted by Crippen LogP contribution is 2.20. The molecular formula is C17H19FN6O. The quantitative estimate of drug-likeness (QED) is 0.723. The summed E-state index contributed by atoms with van der Waals surface area (Å²) in [6.45, 7) is 5.53. The van der Waals surface area contributed by atoms with E-state index in [1.165, 1.54) is 6.07 Å². The summed E-state index contributed by atoms with van der Waals surface area (Å²) < 4.78 is 20.8. The van der Waals surface area contributed by atoms with E-state index in [-0.39, 0.29) is 5.82 Å². The number of hydrogen-bond acceptors (Lipinski definition) is 6. The Bertz CT molecular complexity index is 852. The van der Waals surface area contributed by atoms with Gasteiger partial charge in [-0.3, -0.25) is 0 Å². The zero-order chi connectivity index (χ0) is 17.2. The molecule has 1 aliphatic rings. The van der Waals surface area contributed by atoms with Crippen molar-refractivity contribution in [3.8, 4) is 0 Å². The van der Waals surface area contributed by atoms with Gasteiger partial charge < -0.3 is 14.2 Å². The topological polar surface area (TPSA) is 63.2 Å². The fraction of sp³-hybridized carbons (Fsp3) is 0.353. The van der Waals surface area contributed by atoms with E-state index in [2.05, 4.69) is 25.3 Å². The average molecular weight is 342 g/mol. The van der Waals surface area contributed by atoms with Gasteiger partial charge in [-0.05, 0) is 47.7 Å². The summed E-state index contributed by atoms with van der Waals surface area (Å²) >= 11 is 0. The van der Waals surface area contributed by atoms with E-state index in [0.717, 1.165) is 49.3 Å². The van der Waals surface area contributed by atoms with Gasteiger partial charge in [0, 0.05) is 31.9 Å². The summed E-state index contributed by atoms with van der Waals surface area (Å²) in [5, 5.41) is 12.0. The minimum absolute atomic E-state index is 0.211. The Morgan fingerprint density at radius 3 is 2.60 bits per heavy atom. The Kier molecular flexibility index (Phi) is 4.09. The van der Waals surface area contributed by atoms with E-state index in [9.17, 15) is 4.39 Å². The lowest BCUT2D eigenvalue weighted by atomic mass is 10.2. The maximum Gasteiger partial charge on any atom is 0.246 e. The first-order chi connectivity index (χ1) is 12.2. The summed E-state index contributed by atoms with van der Waals surface area (Å²) in [4.78, 5) is 4.31. The van der Waals surface area contributed by atoms with Crippen molar-refractivity contribution in [1.29, 1.82) is 0 Å². The molecule has 0 amide bonds. The van der Waals surface area contributed by atoms with E-state index in [1.807, 2.05) is 25.1 Å². The Labute approximate surface area is 144 Å². The minimum atomic E-state index is -0.211. The molecule has 0 radical (unpaired) electrons. The summed E-state index contributed by atoms with van der Waals surface area (Å²) in [5.41, 5.74) is 0.908. The Hall–Kier alpha value is -2.90. The maximum absolute atomic E-state index is 13.4. The number of aromatic nitrogens is 4. The molecule has 1 aromatic carbocycles. The van der Waals surface area contributed by atoms with E-state index < -0.39 is 0 Å². The molecule has 3 aromatic rings. The molecule has 7 nitrogen and oxygen atoms in total. The van der Waals surface area contributed by atoms with Gasteiger partial charge in [-0.1, -0.05) is 11.2 Å². The van der Waals surface area contributed by atoms with Crippen molar-refractivity contribution >= 4 is 11.6 Å². The Morgan fingerprint density at radius 1 is 1.08 bits per heavy atom. The number of piperazine rings is 1. The molecule has 1 saturated heterocycles. The number of tetrazole rings is 1. The molecule has 2 aromatic heterocycles. The maximum atomic E-state index is 13.4. The first kappa shape index (κ1) is 15.6. The lowest BCUT2D eigenvalue weighted by molar-refractivity contribution is 0.454. The molecule has 0 spiro atoms. The summed E-state index contributed by atoms with van der Waals surface area (Å²) in [7, 11) is 0.